The second-order valence-electron chi connectivity index (χ2n) is 5.46. The van der Waals surface area contributed by atoms with Crippen LogP contribution in [0.15, 0.2) is 94.1 Å². The molecule has 3 heterocycles. The van der Waals surface area contributed by atoms with Gasteiger partial charge in [0.1, 0.15) is 5.03 Å². The smallest absolute Gasteiger partial charge is 0.789 e. The third kappa shape index (κ3) is 4.81. The molecule has 6 heteroatoms. The fourth-order valence-corrected chi connectivity index (χ4v) is 3.48. The van der Waals surface area contributed by atoms with Crippen molar-refractivity contribution in [2.45, 2.75) is 14.9 Å². The summed E-state index contributed by atoms with van der Waals surface area (Å²) in [5, 5.41) is 1.80. The van der Waals surface area contributed by atoms with Gasteiger partial charge in [0.2, 0.25) is 0 Å². The first kappa shape index (κ1) is 19.7. The van der Waals surface area contributed by atoms with Crippen LogP contribution >= 0.6 is 11.8 Å². The number of rotatable bonds is 4. The van der Waals surface area contributed by atoms with Crippen molar-refractivity contribution < 1.29 is 21.1 Å². The third-order valence-electron chi connectivity index (χ3n) is 3.69. The van der Waals surface area contributed by atoms with Crippen LogP contribution in [0.1, 0.15) is 0 Å². The quantitative estimate of drug-likeness (QED) is 0.255. The summed E-state index contributed by atoms with van der Waals surface area (Å²) in [6.45, 7) is 0. The van der Waals surface area contributed by atoms with Gasteiger partial charge in [0, 0.05) is 6.20 Å². The van der Waals surface area contributed by atoms with E-state index in [-0.39, 0.29) is 21.1 Å². The molecular formula is C21H13N3PtS2. The van der Waals surface area contributed by atoms with E-state index in [1.807, 2.05) is 66.7 Å². The molecule has 4 aromatic rings. The first-order valence-corrected chi connectivity index (χ1v) is 9.23. The van der Waals surface area contributed by atoms with Crippen LogP contribution in [0, 0.1) is 6.07 Å². The molecule has 0 aliphatic rings. The molecule has 3 aromatic heterocycles. The Morgan fingerprint density at radius 3 is 2.41 bits per heavy atom. The standard InChI is InChI=1S/C21H14N3S2.Pt/c25-19-8-2-1-6-16(19)18-14-15(11-13-22-18)17-7-5-10-21(24-17)26-20-9-3-4-12-23-20;/h1-13,25H;/q-1;+2/p-1. The van der Waals surface area contributed by atoms with Crippen molar-refractivity contribution in [3.8, 4) is 22.5 Å². The van der Waals surface area contributed by atoms with Crippen LogP contribution in [-0.2, 0) is 33.7 Å². The van der Waals surface area contributed by atoms with E-state index < -0.39 is 0 Å². The van der Waals surface area contributed by atoms with Crippen molar-refractivity contribution in [2.75, 3.05) is 0 Å². The first-order valence-electron chi connectivity index (χ1n) is 8.01. The second kappa shape index (κ2) is 9.22. The Hall–Kier alpha value is -2.07. The zero-order valence-corrected chi connectivity index (χ0v) is 17.9. The molecule has 3 nitrogen and oxygen atoms in total. The Balaban J connectivity index is 0.00000210. The van der Waals surface area contributed by atoms with Crippen molar-refractivity contribution in [1.29, 1.82) is 0 Å². The Kier molecular flexibility index (Phi) is 6.72. The molecule has 0 atom stereocenters. The summed E-state index contributed by atoms with van der Waals surface area (Å²) in [5.74, 6) is 0. The van der Waals surface area contributed by atoms with Gasteiger partial charge >= 0.3 is 21.1 Å². The maximum absolute atomic E-state index is 5.40. The number of hydrogen-bond acceptors (Lipinski definition) is 5. The van der Waals surface area contributed by atoms with Gasteiger partial charge in [-0.1, -0.05) is 59.8 Å². The molecule has 27 heavy (non-hydrogen) atoms. The molecule has 0 aliphatic carbocycles. The van der Waals surface area contributed by atoms with E-state index in [0.717, 1.165) is 37.5 Å². The summed E-state index contributed by atoms with van der Waals surface area (Å²) in [5.41, 5.74) is 3.37. The van der Waals surface area contributed by atoms with Crippen molar-refractivity contribution in [3.63, 3.8) is 0 Å². The van der Waals surface area contributed by atoms with Crippen molar-refractivity contribution in [3.05, 3.63) is 85.2 Å². The van der Waals surface area contributed by atoms with Crippen LogP contribution in [-0.4, -0.2) is 15.0 Å². The van der Waals surface area contributed by atoms with Crippen LogP contribution in [0.3, 0.4) is 0 Å². The first-order chi connectivity index (χ1) is 12.8. The minimum absolute atomic E-state index is 0. The average molecular weight is 567 g/mol. The SMILES string of the molecule is [Pt+2].[S-]c1ccccc1-c1[c-]c(-c2cccc(Sc3ccccn3)n2)ccn1. The maximum atomic E-state index is 5.40. The predicted molar refractivity (Wildman–Crippen MR) is 106 cm³/mol. The van der Waals surface area contributed by atoms with Gasteiger partial charge in [-0.2, -0.15) is 0 Å². The average Bonchev–Trinajstić information content (AvgIpc) is 2.69. The maximum Gasteiger partial charge on any atom is 2.00 e. The number of hydrogen-bond donors (Lipinski definition) is 0. The van der Waals surface area contributed by atoms with E-state index in [4.69, 9.17) is 17.6 Å². The third-order valence-corrected chi connectivity index (χ3v) is 4.93. The van der Waals surface area contributed by atoms with Gasteiger partial charge in [0.15, 0.2) is 0 Å². The molecule has 134 valence electrons. The van der Waals surface area contributed by atoms with E-state index in [1.165, 1.54) is 11.8 Å². The number of benzene rings is 1. The van der Waals surface area contributed by atoms with Gasteiger partial charge in [-0.05, 0) is 35.8 Å². The molecule has 0 bridgehead atoms. The van der Waals surface area contributed by atoms with Gasteiger partial charge in [0.05, 0.1) is 5.03 Å². The van der Waals surface area contributed by atoms with Gasteiger partial charge in [-0.15, -0.1) is 17.7 Å². The Bertz CT molecular complexity index is 1040. The van der Waals surface area contributed by atoms with E-state index in [0.29, 0.717) is 0 Å². The van der Waals surface area contributed by atoms with E-state index in [1.54, 1.807) is 12.4 Å². The molecule has 0 amide bonds. The zero-order chi connectivity index (χ0) is 17.8. The van der Waals surface area contributed by atoms with E-state index in [2.05, 4.69) is 16.0 Å². The molecule has 0 unspecified atom stereocenters. The molecule has 0 saturated heterocycles. The van der Waals surface area contributed by atoms with Gasteiger partial charge in [-0.25, -0.2) is 9.88 Å². The topological polar surface area (TPSA) is 38.7 Å². The minimum Gasteiger partial charge on any atom is -0.789 e. The van der Waals surface area contributed by atoms with Crippen molar-refractivity contribution >= 4 is 24.4 Å². The Morgan fingerprint density at radius 1 is 0.778 bits per heavy atom. The second-order valence-corrected chi connectivity index (χ2v) is 6.94. The fraction of sp³-hybridized carbons (Fsp3) is 0. The molecule has 0 fully saturated rings. The van der Waals surface area contributed by atoms with Crippen LogP contribution in [0.5, 0.6) is 0 Å². The number of aromatic nitrogens is 3. The zero-order valence-electron chi connectivity index (χ0n) is 14.0. The van der Waals surface area contributed by atoms with Crippen LogP contribution in [0.4, 0.5) is 0 Å². The fourth-order valence-electron chi connectivity index (χ4n) is 2.47. The molecule has 4 rings (SSSR count). The van der Waals surface area contributed by atoms with Gasteiger partial charge in [-0.3, -0.25) is 9.97 Å². The number of pyridine rings is 3. The monoisotopic (exact) mass is 566 g/mol. The molecule has 0 spiro atoms. The summed E-state index contributed by atoms with van der Waals surface area (Å²) in [7, 11) is 0. The normalized spacial score (nSPS) is 10.2. The van der Waals surface area contributed by atoms with Crippen LogP contribution in [0.2, 0.25) is 0 Å². The van der Waals surface area contributed by atoms with Gasteiger partial charge < -0.3 is 12.6 Å². The largest absolute Gasteiger partial charge is 2.00 e. The molecule has 0 aliphatic heterocycles. The Labute approximate surface area is 182 Å². The number of nitrogens with zero attached hydrogens (tertiary/aromatic N) is 3. The molecule has 0 radical (unpaired) electrons. The minimum atomic E-state index is 0. The summed E-state index contributed by atoms with van der Waals surface area (Å²) in [6, 6.07) is 24.8. The molecule has 0 N–H and O–H groups in total. The van der Waals surface area contributed by atoms with Gasteiger partial charge in [0.25, 0.3) is 0 Å². The van der Waals surface area contributed by atoms with Crippen LogP contribution < -0.4 is 0 Å². The molecule has 1 aromatic carbocycles. The predicted octanol–water partition coefficient (Wildman–Crippen LogP) is 5.06. The van der Waals surface area contributed by atoms with E-state index >= 15 is 0 Å². The summed E-state index contributed by atoms with van der Waals surface area (Å²) < 4.78 is 0. The van der Waals surface area contributed by atoms with Crippen LogP contribution in [0.25, 0.3) is 22.5 Å². The summed E-state index contributed by atoms with van der Waals surface area (Å²) in [4.78, 5) is 14.3. The van der Waals surface area contributed by atoms with Crippen molar-refractivity contribution in [2.24, 2.45) is 0 Å². The molecule has 0 saturated carbocycles. The molecular weight excluding hydrogens is 553 g/mol. The Morgan fingerprint density at radius 2 is 1.59 bits per heavy atom. The summed E-state index contributed by atoms with van der Waals surface area (Å²) >= 11 is 6.93. The van der Waals surface area contributed by atoms with E-state index in [9.17, 15) is 0 Å². The van der Waals surface area contributed by atoms with Crippen molar-refractivity contribution in [1.82, 2.24) is 15.0 Å². The summed E-state index contributed by atoms with van der Waals surface area (Å²) in [6.07, 6.45) is 3.55.